The highest BCUT2D eigenvalue weighted by Gasteiger charge is 2.17. The standard InChI is InChI=1S/C24H18/c1-16-13-14-17-8-6-12-22(24(16)17)23-15-18-7-2-3-9-19(18)20-10-4-5-11-21(20)23/h2-13,15H,14H2,1H3. The van der Waals surface area contributed by atoms with Gasteiger partial charge in [-0.2, -0.15) is 0 Å². The lowest BCUT2D eigenvalue weighted by Gasteiger charge is -2.15. The Hall–Kier alpha value is -2.86. The molecule has 0 aromatic heterocycles. The van der Waals surface area contributed by atoms with Crippen molar-refractivity contribution in [3.05, 3.63) is 90.0 Å². The normalized spacial score (nSPS) is 13.3. The first-order chi connectivity index (χ1) is 11.8. The van der Waals surface area contributed by atoms with Crippen LogP contribution in [-0.4, -0.2) is 0 Å². The Morgan fingerprint density at radius 2 is 1.42 bits per heavy atom. The number of hydrogen-bond donors (Lipinski definition) is 0. The molecule has 0 saturated carbocycles. The van der Waals surface area contributed by atoms with E-state index in [4.69, 9.17) is 0 Å². The van der Waals surface area contributed by atoms with Crippen LogP contribution in [0, 0.1) is 0 Å². The van der Waals surface area contributed by atoms with Crippen molar-refractivity contribution in [2.45, 2.75) is 13.3 Å². The molecule has 0 nitrogen and oxygen atoms in total. The predicted molar refractivity (Wildman–Crippen MR) is 104 cm³/mol. The monoisotopic (exact) mass is 306 g/mol. The third kappa shape index (κ3) is 1.86. The van der Waals surface area contributed by atoms with Crippen molar-refractivity contribution in [1.29, 1.82) is 0 Å². The molecule has 0 fully saturated rings. The first-order valence-electron chi connectivity index (χ1n) is 8.53. The maximum atomic E-state index is 2.36. The van der Waals surface area contributed by atoms with E-state index >= 15 is 0 Å². The van der Waals surface area contributed by atoms with Crippen molar-refractivity contribution in [2.24, 2.45) is 0 Å². The van der Waals surface area contributed by atoms with Crippen LogP contribution in [0.5, 0.6) is 0 Å². The molecule has 0 bridgehead atoms. The van der Waals surface area contributed by atoms with Gasteiger partial charge in [-0.25, -0.2) is 0 Å². The molecular weight excluding hydrogens is 288 g/mol. The first-order valence-corrected chi connectivity index (χ1v) is 8.53. The summed E-state index contributed by atoms with van der Waals surface area (Å²) < 4.78 is 0. The van der Waals surface area contributed by atoms with Crippen molar-refractivity contribution in [3.8, 4) is 11.1 Å². The second-order valence-corrected chi connectivity index (χ2v) is 6.62. The van der Waals surface area contributed by atoms with E-state index in [1.54, 1.807) is 0 Å². The third-order valence-corrected chi connectivity index (χ3v) is 5.23. The van der Waals surface area contributed by atoms with Crippen LogP contribution in [-0.2, 0) is 6.42 Å². The average molecular weight is 306 g/mol. The minimum Gasteiger partial charge on any atom is -0.0765 e. The summed E-state index contributed by atoms with van der Waals surface area (Å²) in [5.74, 6) is 0. The van der Waals surface area contributed by atoms with Crippen molar-refractivity contribution >= 4 is 27.1 Å². The fraction of sp³-hybridized carbons (Fsp3) is 0.0833. The van der Waals surface area contributed by atoms with Crippen LogP contribution < -0.4 is 0 Å². The molecule has 114 valence electrons. The van der Waals surface area contributed by atoms with Gasteiger partial charge in [-0.3, -0.25) is 0 Å². The van der Waals surface area contributed by atoms with E-state index in [0.29, 0.717) is 0 Å². The summed E-state index contributed by atoms with van der Waals surface area (Å²) in [4.78, 5) is 0. The van der Waals surface area contributed by atoms with Gasteiger partial charge in [-0.15, -0.1) is 0 Å². The van der Waals surface area contributed by atoms with E-state index in [9.17, 15) is 0 Å². The summed E-state index contributed by atoms with van der Waals surface area (Å²) in [5.41, 5.74) is 6.98. The molecule has 0 unspecified atom stereocenters. The Bertz CT molecular complexity index is 1130. The van der Waals surface area contributed by atoms with Gasteiger partial charge in [-0.05, 0) is 68.8 Å². The van der Waals surface area contributed by atoms with E-state index < -0.39 is 0 Å². The molecule has 0 saturated heterocycles. The van der Waals surface area contributed by atoms with Gasteiger partial charge in [0.2, 0.25) is 0 Å². The molecule has 1 aliphatic carbocycles. The summed E-state index contributed by atoms with van der Waals surface area (Å²) >= 11 is 0. The molecule has 0 heteroatoms. The molecule has 5 rings (SSSR count). The number of benzene rings is 4. The van der Waals surface area contributed by atoms with Crippen LogP contribution in [0.25, 0.3) is 38.2 Å². The van der Waals surface area contributed by atoms with Crippen LogP contribution in [0.2, 0.25) is 0 Å². The summed E-state index contributed by atoms with van der Waals surface area (Å²) in [5, 5.41) is 5.31. The van der Waals surface area contributed by atoms with Gasteiger partial charge < -0.3 is 0 Å². The van der Waals surface area contributed by atoms with Gasteiger partial charge in [0.05, 0.1) is 0 Å². The molecule has 0 spiro atoms. The Kier molecular flexibility index (Phi) is 2.87. The quantitative estimate of drug-likeness (QED) is 0.347. The maximum absolute atomic E-state index is 2.36. The molecule has 1 aliphatic rings. The van der Waals surface area contributed by atoms with E-state index in [2.05, 4.69) is 85.8 Å². The fourth-order valence-electron chi connectivity index (χ4n) is 4.10. The van der Waals surface area contributed by atoms with Gasteiger partial charge in [0, 0.05) is 0 Å². The zero-order valence-corrected chi connectivity index (χ0v) is 13.7. The van der Waals surface area contributed by atoms with Crippen LogP contribution >= 0.6 is 0 Å². The second-order valence-electron chi connectivity index (χ2n) is 6.62. The largest absolute Gasteiger partial charge is 0.0765 e. The first kappa shape index (κ1) is 13.6. The Balaban J connectivity index is 1.94. The van der Waals surface area contributed by atoms with Crippen LogP contribution in [0.1, 0.15) is 18.1 Å². The molecule has 0 atom stereocenters. The molecule has 0 heterocycles. The molecule has 4 aromatic carbocycles. The molecule has 0 radical (unpaired) electrons. The fourth-order valence-corrected chi connectivity index (χ4v) is 4.10. The summed E-state index contributed by atoms with van der Waals surface area (Å²) in [7, 11) is 0. The van der Waals surface area contributed by atoms with Gasteiger partial charge in [0.25, 0.3) is 0 Å². The highest BCUT2D eigenvalue weighted by atomic mass is 14.2. The molecular formula is C24H18. The molecule has 0 N–H and O–H groups in total. The van der Waals surface area contributed by atoms with E-state index in [1.807, 2.05) is 0 Å². The van der Waals surface area contributed by atoms with E-state index in [0.717, 1.165) is 6.42 Å². The smallest absolute Gasteiger partial charge is 0.00852 e. The van der Waals surface area contributed by atoms with E-state index in [1.165, 1.54) is 49.4 Å². The van der Waals surface area contributed by atoms with Crippen LogP contribution in [0.3, 0.4) is 0 Å². The minimum absolute atomic E-state index is 1.06. The topological polar surface area (TPSA) is 0 Å². The highest BCUT2D eigenvalue weighted by molar-refractivity contribution is 6.14. The van der Waals surface area contributed by atoms with Crippen molar-refractivity contribution in [1.82, 2.24) is 0 Å². The van der Waals surface area contributed by atoms with Crippen molar-refractivity contribution in [3.63, 3.8) is 0 Å². The second kappa shape index (κ2) is 5.07. The zero-order valence-electron chi connectivity index (χ0n) is 13.7. The third-order valence-electron chi connectivity index (χ3n) is 5.23. The SMILES string of the molecule is CC1=CCc2cccc(-c3cc4ccccc4c4ccccc34)c21. The lowest BCUT2D eigenvalue weighted by atomic mass is 9.89. The summed E-state index contributed by atoms with van der Waals surface area (Å²) in [6, 6.07) is 26.6. The van der Waals surface area contributed by atoms with Gasteiger partial charge in [-0.1, -0.05) is 72.8 Å². The maximum Gasteiger partial charge on any atom is -0.00852 e. The predicted octanol–water partition coefficient (Wildman–Crippen LogP) is 6.62. The average Bonchev–Trinajstić information content (AvgIpc) is 3.02. The number of fused-ring (bicyclic) bond motifs is 4. The van der Waals surface area contributed by atoms with Gasteiger partial charge >= 0.3 is 0 Å². The number of allylic oxidation sites excluding steroid dienone is 2. The van der Waals surface area contributed by atoms with E-state index in [-0.39, 0.29) is 0 Å². The van der Waals surface area contributed by atoms with Crippen molar-refractivity contribution in [2.75, 3.05) is 0 Å². The van der Waals surface area contributed by atoms with Gasteiger partial charge in [0.15, 0.2) is 0 Å². The Morgan fingerprint density at radius 3 is 2.29 bits per heavy atom. The molecule has 4 aromatic rings. The molecule has 0 amide bonds. The lowest BCUT2D eigenvalue weighted by molar-refractivity contribution is 1.31. The zero-order chi connectivity index (χ0) is 16.1. The summed E-state index contributed by atoms with van der Waals surface area (Å²) in [6.45, 7) is 2.23. The minimum atomic E-state index is 1.06. The molecule has 0 aliphatic heterocycles. The lowest BCUT2D eigenvalue weighted by Crippen LogP contribution is -1.91. The van der Waals surface area contributed by atoms with Crippen molar-refractivity contribution < 1.29 is 0 Å². The Morgan fingerprint density at radius 1 is 0.667 bits per heavy atom. The number of hydrogen-bond acceptors (Lipinski definition) is 0. The highest BCUT2D eigenvalue weighted by Crippen LogP contribution is 2.41. The molecule has 24 heavy (non-hydrogen) atoms. The summed E-state index contributed by atoms with van der Waals surface area (Å²) in [6.07, 6.45) is 3.40. The van der Waals surface area contributed by atoms with Gasteiger partial charge in [0.1, 0.15) is 0 Å². The van der Waals surface area contributed by atoms with Crippen LogP contribution in [0.4, 0.5) is 0 Å². The number of rotatable bonds is 1. The Labute approximate surface area is 142 Å². The van der Waals surface area contributed by atoms with Crippen LogP contribution in [0.15, 0.2) is 78.9 Å².